The maximum Gasteiger partial charge on any atom is 0.326 e. The molecule has 43 heavy (non-hydrogen) atoms. The van der Waals surface area contributed by atoms with E-state index in [1.807, 2.05) is 0 Å². The average Bonchev–Trinajstić information content (AvgIpc) is 3.02. The van der Waals surface area contributed by atoms with Crippen LogP contribution in [0.15, 0.2) is 61.1 Å². The lowest BCUT2D eigenvalue weighted by atomic mass is 10.1. The molecule has 5 N–H and O–H groups in total. The summed E-state index contributed by atoms with van der Waals surface area (Å²) in [6, 6.07) is 10.9. The Balaban J connectivity index is 1.31. The number of nitrogens with zero attached hydrogens (tertiary/aromatic N) is 4. The molecule has 1 aromatic carbocycles. The van der Waals surface area contributed by atoms with Crippen LogP contribution in [0, 0.1) is 11.2 Å². The summed E-state index contributed by atoms with van der Waals surface area (Å²) in [6.45, 7) is 3.23. The third-order valence-electron chi connectivity index (χ3n) is 7.04. The topological polar surface area (TPSA) is 148 Å². The number of aryl methyl sites for hydroxylation is 2. The monoisotopic (exact) mass is 590 g/mol. The first-order chi connectivity index (χ1) is 21.0. The highest BCUT2D eigenvalue weighted by Crippen LogP contribution is 2.20. The molecule has 0 fully saturated rings. The summed E-state index contributed by atoms with van der Waals surface area (Å²) in [5, 5.41) is 26.3. The number of aromatic nitrogens is 3. The van der Waals surface area contributed by atoms with Crippen molar-refractivity contribution in [3.05, 3.63) is 78.1 Å². The van der Waals surface area contributed by atoms with Crippen LogP contribution in [0.25, 0.3) is 0 Å². The number of benzene rings is 1. The number of allylic oxidation sites excluding steroid dienone is 1. The van der Waals surface area contributed by atoms with Gasteiger partial charge in [0.25, 0.3) is 0 Å². The number of carboxylic acids is 1. The number of carboxylic acid groups (broad SMARTS) is 1. The van der Waals surface area contributed by atoms with Crippen molar-refractivity contribution in [2.45, 2.75) is 44.6 Å². The highest BCUT2D eigenvalue weighted by Gasteiger charge is 2.20. The standard InChI is InChI=1S/C31H39FN8O3/c32-24-8-11-26(12-9-24)43-20-19-40(17-2-1-6-25-10-7-23-5-3-15-35-30(23)38-25)18-13-27(31(41)42)39-29-21-28(36-22-37-29)34-16-4-14-33/h4,7-12,14,16,21-22,27,33H,1-3,5-6,13,15,17-20H2,(H,35,38)(H,41,42)(H2,34,36,37,39)/b16-4-,33-14?/t27-/m0/s1. The van der Waals surface area contributed by atoms with E-state index >= 15 is 0 Å². The van der Waals surface area contributed by atoms with Gasteiger partial charge >= 0.3 is 5.97 Å². The summed E-state index contributed by atoms with van der Waals surface area (Å²) in [6.07, 6.45) is 10.8. The molecule has 1 aliphatic heterocycles. The number of halogens is 1. The number of hydrogen-bond acceptors (Lipinski definition) is 10. The lowest BCUT2D eigenvalue weighted by Gasteiger charge is -2.25. The zero-order chi connectivity index (χ0) is 30.3. The summed E-state index contributed by atoms with van der Waals surface area (Å²) in [5.41, 5.74) is 2.35. The normalized spacial score (nSPS) is 13.3. The first-order valence-electron chi connectivity index (χ1n) is 14.6. The number of nitrogens with one attached hydrogen (secondary N) is 4. The molecular formula is C31H39FN8O3. The van der Waals surface area contributed by atoms with Crippen molar-refractivity contribution in [1.29, 1.82) is 5.41 Å². The molecule has 0 aliphatic carbocycles. The molecule has 0 spiro atoms. The summed E-state index contributed by atoms with van der Waals surface area (Å²) in [7, 11) is 0. The fourth-order valence-electron chi connectivity index (χ4n) is 4.75. The Morgan fingerprint density at radius 2 is 1.98 bits per heavy atom. The Morgan fingerprint density at radius 3 is 2.79 bits per heavy atom. The van der Waals surface area contributed by atoms with Gasteiger partial charge in [0, 0.05) is 43.8 Å². The van der Waals surface area contributed by atoms with Crippen LogP contribution < -0.4 is 20.7 Å². The number of anilines is 3. The molecule has 1 aliphatic rings. The highest BCUT2D eigenvalue weighted by atomic mass is 19.1. The predicted molar refractivity (Wildman–Crippen MR) is 166 cm³/mol. The molecule has 2 aromatic heterocycles. The van der Waals surface area contributed by atoms with Gasteiger partial charge in [-0.15, -0.1) is 0 Å². The van der Waals surface area contributed by atoms with Crippen LogP contribution in [0.1, 0.15) is 36.9 Å². The van der Waals surface area contributed by atoms with Gasteiger partial charge in [0.15, 0.2) is 0 Å². The smallest absolute Gasteiger partial charge is 0.326 e. The van der Waals surface area contributed by atoms with Crippen LogP contribution in [-0.2, 0) is 17.6 Å². The Hall–Kier alpha value is -4.58. The molecule has 0 saturated carbocycles. The largest absolute Gasteiger partial charge is 0.492 e. The van der Waals surface area contributed by atoms with E-state index < -0.39 is 12.0 Å². The number of ether oxygens (including phenoxy) is 1. The first kappa shape index (κ1) is 31.4. The zero-order valence-electron chi connectivity index (χ0n) is 24.1. The number of aliphatic carboxylic acids is 1. The Labute approximate surface area is 251 Å². The molecular weight excluding hydrogens is 551 g/mol. The molecule has 12 heteroatoms. The summed E-state index contributed by atoms with van der Waals surface area (Å²) < 4.78 is 19.1. The fraction of sp³-hybridized carbons (Fsp3) is 0.387. The van der Waals surface area contributed by atoms with Gasteiger partial charge in [-0.1, -0.05) is 6.07 Å². The molecule has 4 rings (SSSR count). The third kappa shape index (κ3) is 10.6. The van der Waals surface area contributed by atoms with E-state index in [1.54, 1.807) is 24.4 Å². The second-order valence-corrected chi connectivity index (χ2v) is 10.2. The maximum atomic E-state index is 13.3. The summed E-state index contributed by atoms with van der Waals surface area (Å²) in [4.78, 5) is 27.4. The van der Waals surface area contributed by atoms with Gasteiger partial charge in [0.1, 0.15) is 48.0 Å². The number of carbonyl (C=O) groups is 1. The van der Waals surface area contributed by atoms with Crippen molar-refractivity contribution in [3.63, 3.8) is 0 Å². The predicted octanol–water partition coefficient (Wildman–Crippen LogP) is 4.60. The van der Waals surface area contributed by atoms with Crippen LogP contribution in [0.5, 0.6) is 5.75 Å². The highest BCUT2D eigenvalue weighted by molar-refractivity contribution is 5.77. The van der Waals surface area contributed by atoms with Gasteiger partial charge in [-0.2, -0.15) is 0 Å². The van der Waals surface area contributed by atoms with Crippen molar-refractivity contribution in [3.8, 4) is 5.75 Å². The third-order valence-corrected chi connectivity index (χ3v) is 7.04. The number of pyridine rings is 1. The minimum absolute atomic E-state index is 0.320. The van der Waals surface area contributed by atoms with E-state index in [0.717, 1.165) is 62.9 Å². The lowest BCUT2D eigenvalue weighted by Crippen LogP contribution is -2.37. The Morgan fingerprint density at radius 1 is 1.14 bits per heavy atom. The Kier molecular flexibility index (Phi) is 12.2. The van der Waals surface area contributed by atoms with E-state index in [2.05, 4.69) is 43.0 Å². The van der Waals surface area contributed by atoms with E-state index in [0.29, 0.717) is 43.5 Å². The van der Waals surface area contributed by atoms with Crippen LogP contribution in [0.2, 0.25) is 0 Å². The van der Waals surface area contributed by atoms with E-state index in [4.69, 9.17) is 15.1 Å². The second kappa shape index (κ2) is 16.8. The molecule has 0 amide bonds. The van der Waals surface area contributed by atoms with Gasteiger partial charge in [-0.3, -0.25) is 4.90 Å². The number of hydrogen-bond donors (Lipinski definition) is 5. The van der Waals surface area contributed by atoms with Crippen LogP contribution in [-0.4, -0.2) is 76.0 Å². The lowest BCUT2D eigenvalue weighted by molar-refractivity contribution is -0.138. The molecule has 0 bridgehead atoms. The fourth-order valence-corrected chi connectivity index (χ4v) is 4.75. The minimum Gasteiger partial charge on any atom is -0.492 e. The molecule has 3 aromatic rings. The molecule has 11 nitrogen and oxygen atoms in total. The van der Waals surface area contributed by atoms with Crippen molar-refractivity contribution < 1.29 is 19.0 Å². The minimum atomic E-state index is -0.980. The molecule has 0 unspecified atom stereocenters. The quantitative estimate of drug-likeness (QED) is 0.105. The summed E-state index contributed by atoms with van der Waals surface area (Å²) >= 11 is 0. The van der Waals surface area contributed by atoms with Gasteiger partial charge in [-0.05, 0) is 87.0 Å². The molecule has 0 radical (unpaired) electrons. The van der Waals surface area contributed by atoms with Crippen LogP contribution in [0.3, 0.4) is 0 Å². The van der Waals surface area contributed by atoms with E-state index in [-0.39, 0.29) is 5.82 Å². The maximum absolute atomic E-state index is 13.3. The first-order valence-corrected chi connectivity index (χ1v) is 14.6. The zero-order valence-corrected chi connectivity index (χ0v) is 24.1. The summed E-state index contributed by atoms with van der Waals surface area (Å²) in [5.74, 6) is 1.15. The molecule has 3 heterocycles. The van der Waals surface area contributed by atoms with Gasteiger partial charge in [0.2, 0.25) is 0 Å². The van der Waals surface area contributed by atoms with Crippen LogP contribution >= 0.6 is 0 Å². The SMILES string of the molecule is N=C/C=C\Nc1cc(N[C@@H](CCN(CCCCc2ccc3c(n2)NCCC3)CCOc2ccc(F)cc2)C(=O)O)ncn1. The van der Waals surface area contributed by atoms with Gasteiger partial charge in [-0.25, -0.2) is 24.1 Å². The van der Waals surface area contributed by atoms with E-state index in [9.17, 15) is 14.3 Å². The van der Waals surface area contributed by atoms with E-state index in [1.165, 1.54) is 30.1 Å². The molecule has 0 saturated heterocycles. The number of fused-ring (bicyclic) bond motifs is 1. The van der Waals surface area contributed by atoms with Crippen LogP contribution in [0.4, 0.5) is 21.8 Å². The Bertz CT molecular complexity index is 1360. The number of unbranched alkanes of at least 4 members (excludes halogenated alkanes) is 1. The van der Waals surface area contributed by atoms with Gasteiger partial charge in [0.05, 0.1) is 0 Å². The molecule has 1 atom stereocenters. The number of rotatable bonds is 18. The molecule has 228 valence electrons. The van der Waals surface area contributed by atoms with Gasteiger partial charge < -0.3 is 31.2 Å². The average molecular weight is 591 g/mol. The van der Waals surface area contributed by atoms with Crippen molar-refractivity contribution in [1.82, 2.24) is 19.9 Å². The van der Waals surface area contributed by atoms with Crippen molar-refractivity contribution in [2.24, 2.45) is 0 Å². The van der Waals surface area contributed by atoms with Crippen molar-refractivity contribution >= 4 is 29.6 Å². The van der Waals surface area contributed by atoms with Crippen molar-refractivity contribution in [2.75, 3.05) is 48.7 Å². The second-order valence-electron chi connectivity index (χ2n) is 10.2.